The molecule has 1 aromatic rings. The van der Waals surface area contributed by atoms with Gasteiger partial charge in [-0.05, 0) is 30.2 Å². The number of benzene rings is 1. The maximum Gasteiger partial charge on any atom is 0.387 e. The van der Waals surface area contributed by atoms with Crippen molar-refractivity contribution < 1.29 is 23.0 Å². The molecule has 1 atom stereocenters. The van der Waals surface area contributed by atoms with Crippen LogP contribution in [0.4, 0.5) is 8.78 Å². The minimum atomic E-state index is -2.86. The quantitative estimate of drug-likeness (QED) is 0.783. The van der Waals surface area contributed by atoms with E-state index >= 15 is 0 Å². The smallest absolute Gasteiger partial charge is 0.387 e. The summed E-state index contributed by atoms with van der Waals surface area (Å²) in [6.45, 7) is 1.80. The summed E-state index contributed by atoms with van der Waals surface area (Å²) in [4.78, 5) is 11.8. The van der Waals surface area contributed by atoms with Crippen LogP contribution in [0.1, 0.15) is 25.5 Å². The third-order valence-corrected chi connectivity index (χ3v) is 2.61. The van der Waals surface area contributed by atoms with Gasteiger partial charge in [0.25, 0.3) is 0 Å². The van der Waals surface area contributed by atoms with Gasteiger partial charge in [0.2, 0.25) is 0 Å². The van der Waals surface area contributed by atoms with E-state index in [1.54, 1.807) is 12.1 Å². The van der Waals surface area contributed by atoms with Crippen molar-refractivity contribution in [2.24, 2.45) is 5.92 Å². The molecule has 1 unspecified atom stereocenters. The molecule has 0 saturated carbocycles. The lowest BCUT2D eigenvalue weighted by atomic mass is 10.1. The van der Waals surface area contributed by atoms with Crippen LogP contribution in [0.5, 0.6) is 5.75 Å². The number of hydrogen-bond donors (Lipinski definition) is 1. The lowest BCUT2D eigenvalue weighted by molar-refractivity contribution is -0.143. The van der Waals surface area contributed by atoms with Crippen molar-refractivity contribution >= 4 is 5.97 Å². The van der Waals surface area contributed by atoms with Crippen molar-refractivity contribution in [3.05, 3.63) is 29.8 Å². The number of hydrogen-bond acceptors (Lipinski definition) is 4. The van der Waals surface area contributed by atoms with Crippen molar-refractivity contribution in [2.45, 2.75) is 26.5 Å². The van der Waals surface area contributed by atoms with E-state index in [1.807, 2.05) is 13.8 Å². The van der Waals surface area contributed by atoms with Crippen LogP contribution >= 0.6 is 0 Å². The second kappa shape index (κ2) is 7.79. The van der Waals surface area contributed by atoms with Gasteiger partial charge in [0, 0.05) is 0 Å². The molecular formula is C14H19F2NO3. The fourth-order valence-corrected chi connectivity index (χ4v) is 1.65. The molecular weight excluding hydrogens is 268 g/mol. The third kappa shape index (κ3) is 5.13. The Hall–Kier alpha value is -1.69. The van der Waals surface area contributed by atoms with Crippen LogP contribution in [-0.4, -0.2) is 26.2 Å². The second-order valence-corrected chi connectivity index (χ2v) is 4.71. The molecule has 6 heteroatoms. The first-order valence-electron chi connectivity index (χ1n) is 6.30. The molecule has 20 heavy (non-hydrogen) atoms. The normalized spacial score (nSPS) is 12.6. The summed E-state index contributed by atoms with van der Waals surface area (Å²) in [5.41, 5.74) is 0.638. The van der Waals surface area contributed by atoms with Gasteiger partial charge in [-0.25, -0.2) is 4.79 Å². The minimum absolute atomic E-state index is 0.0521. The fraction of sp³-hybridized carbons (Fsp3) is 0.500. The van der Waals surface area contributed by atoms with Gasteiger partial charge in [-0.15, -0.1) is 0 Å². The van der Waals surface area contributed by atoms with Gasteiger partial charge in [-0.1, -0.05) is 26.0 Å². The molecule has 0 spiro atoms. The number of halogens is 2. The molecule has 0 aliphatic heterocycles. The van der Waals surface area contributed by atoms with Crippen LogP contribution in [0, 0.1) is 5.92 Å². The average molecular weight is 287 g/mol. The molecule has 4 nitrogen and oxygen atoms in total. The molecule has 0 heterocycles. The van der Waals surface area contributed by atoms with Crippen LogP contribution < -0.4 is 10.1 Å². The molecule has 0 aromatic heterocycles. The lowest BCUT2D eigenvalue weighted by Crippen LogP contribution is -2.32. The monoisotopic (exact) mass is 287 g/mol. The second-order valence-electron chi connectivity index (χ2n) is 4.71. The highest BCUT2D eigenvalue weighted by Gasteiger charge is 2.21. The van der Waals surface area contributed by atoms with Crippen molar-refractivity contribution in [1.29, 1.82) is 0 Å². The Morgan fingerprint density at radius 3 is 2.30 bits per heavy atom. The van der Waals surface area contributed by atoms with Crippen LogP contribution in [-0.2, 0) is 9.53 Å². The van der Waals surface area contributed by atoms with E-state index in [1.165, 1.54) is 19.2 Å². The largest absolute Gasteiger partial charge is 0.468 e. The number of esters is 1. The number of ether oxygens (including phenoxy) is 2. The molecule has 0 saturated heterocycles. The zero-order valence-corrected chi connectivity index (χ0v) is 11.7. The van der Waals surface area contributed by atoms with Crippen LogP contribution in [0.3, 0.4) is 0 Å². The lowest BCUT2D eigenvalue weighted by Gasteiger charge is -2.18. The van der Waals surface area contributed by atoms with E-state index in [0.717, 1.165) is 0 Å². The SMILES string of the molecule is COC(=O)C(NCC(C)C)c1ccc(OC(F)F)cc1. The Bertz CT molecular complexity index is 421. The van der Waals surface area contributed by atoms with E-state index in [4.69, 9.17) is 4.74 Å². The molecule has 112 valence electrons. The first-order valence-corrected chi connectivity index (χ1v) is 6.30. The predicted molar refractivity (Wildman–Crippen MR) is 70.7 cm³/mol. The highest BCUT2D eigenvalue weighted by Crippen LogP contribution is 2.20. The summed E-state index contributed by atoms with van der Waals surface area (Å²) in [5.74, 6) is -0.00648. The first kappa shape index (κ1) is 16.4. The maximum absolute atomic E-state index is 12.1. The topological polar surface area (TPSA) is 47.6 Å². The summed E-state index contributed by atoms with van der Waals surface area (Å²) < 4.78 is 33.1. The van der Waals surface area contributed by atoms with Crippen molar-refractivity contribution in [1.82, 2.24) is 5.32 Å². The summed E-state index contributed by atoms with van der Waals surface area (Å²) >= 11 is 0. The van der Waals surface area contributed by atoms with Gasteiger partial charge < -0.3 is 14.8 Å². The summed E-state index contributed by atoms with van der Waals surface area (Å²) in [6, 6.07) is 5.30. The van der Waals surface area contributed by atoms with E-state index in [-0.39, 0.29) is 5.75 Å². The molecule has 0 bridgehead atoms. The molecule has 1 aromatic carbocycles. The fourth-order valence-electron chi connectivity index (χ4n) is 1.65. The number of nitrogens with one attached hydrogen (secondary N) is 1. The number of methoxy groups -OCH3 is 1. The van der Waals surface area contributed by atoms with Crippen molar-refractivity contribution in [2.75, 3.05) is 13.7 Å². The Morgan fingerprint density at radius 2 is 1.85 bits per heavy atom. The Balaban J connectivity index is 2.82. The standard InChI is InChI=1S/C14H19F2NO3/c1-9(2)8-17-12(13(18)19-3)10-4-6-11(7-5-10)20-14(15)16/h4-7,9,12,14,17H,8H2,1-3H3. The molecule has 1 rings (SSSR count). The first-order chi connectivity index (χ1) is 9.43. The number of carbonyl (C=O) groups excluding carboxylic acids is 1. The molecule has 0 aliphatic carbocycles. The highest BCUT2D eigenvalue weighted by atomic mass is 19.3. The molecule has 1 N–H and O–H groups in total. The third-order valence-electron chi connectivity index (χ3n) is 2.61. The van der Waals surface area contributed by atoms with Gasteiger partial charge in [-0.3, -0.25) is 0 Å². The summed E-state index contributed by atoms with van der Waals surface area (Å²) in [7, 11) is 1.31. The van der Waals surface area contributed by atoms with Gasteiger partial charge in [0.05, 0.1) is 7.11 Å². The zero-order chi connectivity index (χ0) is 15.1. The van der Waals surface area contributed by atoms with Gasteiger partial charge in [0.1, 0.15) is 11.8 Å². The Labute approximate surface area is 117 Å². The maximum atomic E-state index is 12.1. The van der Waals surface area contributed by atoms with Gasteiger partial charge >= 0.3 is 12.6 Å². The number of rotatable bonds is 7. The van der Waals surface area contributed by atoms with Crippen molar-refractivity contribution in [3.8, 4) is 5.75 Å². The van der Waals surface area contributed by atoms with Crippen LogP contribution in [0.2, 0.25) is 0 Å². The Kier molecular flexibility index (Phi) is 6.38. The highest BCUT2D eigenvalue weighted by molar-refractivity contribution is 5.77. The predicted octanol–water partition coefficient (Wildman–Crippen LogP) is 2.75. The van der Waals surface area contributed by atoms with E-state index < -0.39 is 18.6 Å². The van der Waals surface area contributed by atoms with Gasteiger partial charge in [-0.2, -0.15) is 8.78 Å². The van der Waals surface area contributed by atoms with Gasteiger partial charge in [0.15, 0.2) is 0 Å². The Morgan fingerprint density at radius 1 is 1.25 bits per heavy atom. The van der Waals surface area contributed by atoms with Crippen molar-refractivity contribution in [3.63, 3.8) is 0 Å². The number of alkyl halides is 2. The molecule has 0 aliphatic rings. The van der Waals surface area contributed by atoms with Crippen LogP contribution in [0.25, 0.3) is 0 Å². The molecule has 0 amide bonds. The average Bonchev–Trinajstić information content (AvgIpc) is 2.39. The number of carbonyl (C=O) groups is 1. The molecule has 0 fully saturated rings. The van der Waals surface area contributed by atoms with E-state index in [9.17, 15) is 13.6 Å². The van der Waals surface area contributed by atoms with E-state index in [0.29, 0.717) is 18.0 Å². The summed E-state index contributed by atoms with van der Waals surface area (Å²) in [6.07, 6.45) is 0. The van der Waals surface area contributed by atoms with E-state index in [2.05, 4.69) is 10.1 Å². The minimum Gasteiger partial charge on any atom is -0.468 e. The van der Waals surface area contributed by atoms with Crippen LogP contribution in [0.15, 0.2) is 24.3 Å². The summed E-state index contributed by atoms with van der Waals surface area (Å²) in [5, 5.41) is 3.08. The molecule has 0 radical (unpaired) electrons. The zero-order valence-electron chi connectivity index (χ0n) is 11.7.